The molecule has 0 radical (unpaired) electrons. The van der Waals surface area contributed by atoms with Gasteiger partial charge in [0, 0.05) is 25.7 Å². The molecule has 0 aliphatic carbocycles. The lowest BCUT2D eigenvalue weighted by atomic mass is 10.3. The van der Waals surface area contributed by atoms with Crippen molar-refractivity contribution in [3.05, 3.63) is 18.0 Å². The van der Waals surface area contributed by atoms with Crippen LogP contribution < -0.4 is 5.32 Å². The van der Waals surface area contributed by atoms with E-state index in [0.29, 0.717) is 13.0 Å². The van der Waals surface area contributed by atoms with Crippen LogP contribution in [0.3, 0.4) is 0 Å². The summed E-state index contributed by atoms with van der Waals surface area (Å²) in [4.78, 5) is 13.6. The molecule has 1 N–H and O–H groups in total. The smallest absolute Gasteiger partial charge is 0.221 e. The predicted molar refractivity (Wildman–Crippen MR) is 67.8 cm³/mol. The highest BCUT2D eigenvalue weighted by Crippen LogP contribution is 1.95. The lowest BCUT2D eigenvalue weighted by molar-refractivity contribution is -0.121. The van der Waals surface area contributed by atoms with Crippen LogP contribution in [0.25, 0.3) is 0 Å². The molecule has 1 aromatic heterocycles. The third-order valence-corrected chi connectivity index (χ3v) is 2.43. The summed E-state index contributed by atoms with van der Waals surface area (Å²) >= 11 is 0. The van der Waals surface area contributed by atoms with Crippen LogP contribution in [0, 0.1) is 6.92 Å². The Labute approximate surface area is 103 Å². The van der Waals surface area contributed by atoms with Crippen LogP contribution in [-0.4, -0.2) is 47.8 Å². The Balaban J connectivity index is 2.09. The molecule has 0 aromatic carbocycles. The molecule has 1 amide bonds. The second-order valence-electron chi connectivity index (χ2n) is 4.54. The van der Waals surface area contributed by atoms with Gasteiger partial charge in [0.25, 0.3) is 0 Å². The largest absolute Gasteiger partial charge is 0.356 e. The van der Waals surface area contributed by atoms with Gasteiger partial charge in [-0.2, -0.15) is 5.10 Å². The van der Waals surface area contributed by atoms with Gasteiger partial charge in [0.15, 0.2) is 0 Å². The van der Waals surface area contributed by atoms with Gasteiger partial charge < -0.3 is 10.2 Å². The van der Waals surface area contributed by atoms with Crippen LogP contribution in [0.2, 0.25) is 0 Å². The second-order valence-corrected chi connectivity index (χ2v) is 4.54. The first kappa shape index (κ1) is 13.7. The Bertz CT molecular complexity index is 346. The first-order chi connectivity index (χ1) is 8.08. The van der Waals surface area contributed by atoms with Gasteiger partial charge in [-0.3, -0.25) is 9.48 Å². The number of nitrogens with zero attached hydrogens (tertiary/aromatic N) is 3. The van der Waals surface area contributed by atoms with Gasteiger partial charge in [-0.1, -0.05) is 0 Å². The van der Waals surface area contributed by atoms with Crippen molar-refractivity contribution >= 4 is 5.91 Å². The highest BCUT2D eigenvalue weighted by Gasteiger charge is 2.02. The molecule has 0 bridgehead atoms. The average Bonchev–Trinajstić information content (AvgIpc) is 2.67. The fourth-order valence-corrected chi connectivity index (χ4v) is 1.52. The number of aryl methyl sites for hydroxylation is 2. The van der Waals surface area contributed by atoms with Gasteiger partial charge in [-0.05, 0) is 39.5 Å². The number of rotatable bonds is 7. The summed E-state index contributed by atoms with van der Waals surface area (Å²) in [5.74, 6) is 0.0944. The Morgan fingerprint density at radius 1 is 1.53 bits per heavy atom. The minimum Gasteiger partial charge on any atom is -0.356 e. The molecular weight excluding hydrogens is 216 g/mol. The van der Waals surface area contributed by atoms with E-state index in [1.165, 1.54) is 0 Å². The van der Waals surface area contributed by atoms with E-state index < -0.39 is 0 Å². The molecule has 0 aliphatic heterocycles. The number of aromatic nitrogens is 2. The molecule has 0 saturated carbocycles. The maximum Gasteiger partial charge on any atom is 0.221 e. The van der Waals surface area contributed by atoms with Crippen LogP contribution in [0.5, 0.6) is 0 Å². The predicted octanol–water partition coefficient (Wildman–Crippen LogP) is 0.650. The Morgan fingerprint density at radius 3 is 2.88 bits per heavy atom. The third-order valence-electron chi connectivity index (χ3n) is 2.43. The van der Waals surface area contributed by atoms with Crippen molar-refractivity contribution in [2.45, 2.75) is 26.3 Å². The molecule has 1 aromatic rings. The van der Waals surface area contributed by atoms with E-state index in [9.17, 15) is 4.79 Å². The molecule has 0 fully saturated rings. The van der Waals surface area contributed by atoms with Crippen molar-refractivity contribution in [3.8, 4) is 0 Å². The van der Waals surface area contributed by atoms with Gasteiger partial charge in [0.2, 0.25) is 5.91 Å². The van der Waals surface area contributed by atoms with Crippen molar-refractivity contribution in [1.82, 2.24) is 20.0 Å². The molecule has 1 heterocycles. The minimum absolute atomic E-state index is 0.0944. The molecule has 0 spiro atoms. The summed E-state index contributed by atoms with van der Waals surface area (Å²) in [6, 6.07) is 0. The van der Waals surface area contributed by atoms with Crippen molar-refractivity contribution < 1.29 is 4.79 Å². The maximum atomic E-state index is 11.5. The summed E-state index contributed by atoms with van der Waals surface area (Å²) in [5.41, 5.74) is 1.12. The zero-order chi connectivity index (χ0) is 12.7. The van der Waals surface area contributed by atoms with Crippen LogP contribution in [-0.2, 0) is 11.3 Å². The molecule has 5 heteroatoms. The summed E-state index contributed by atoms with van der Waals surface area (Å²) in [5, 5.41) is 7.05. The first-order valence-corrected chi connectivity index (χ1v) is 5.98. The third kappa shape index (κ3) is 6.06. The monoisotopic (exact) mass is 238 g/mol. The van der Waals surface area contributed by atoms with Gasteiger partial charge in [-0.15, -0.1) is 0 Å². The Hall–Kier alpha value is -1.36. The SMILES string of the molecule is Cc1cnn(CCC(=O)NCCCN(C)C)c1. The molecule has 0 atom stereocenters. The molecule has 0 aliphatic rings. The molecule has 0 saturated heterocycles. The van der Waals surface area contributed by atoms with Crippen LogP contribution in [0.4, 0.5) is 0 Å². The fraction of sp³-hybridized carbons (Fsp3) is 0.667. The van der Waals surface area contributed by atoms with Crippen LogP contribution >= 0.6 is 0 Å². The van der Waals surface area contributed by atoms with Crippen molar-refractivity contribution in [3.63, 3.8) is 0 Å². The second kappa shape index (κ2) is 7.06. The highest BCUT2D eigenvalue weighted by atomic mass is 16.1. The van der Waals surface area contributed by atoms with E-state index in [0.717, 1.165) is 25.1 Å². The first-order valence-electron chi connectivity index (χ1n) is 5.98. The van der Waals surface area contributed by atoms with E-state index >= 15 is 0 Å². The Morgan fingerprint density at radius 2 is 2.29 bits per heavy atom. The number of carbonyl (C=O) groups excluding carboxylic acids is 1. The van der Waals surface area contributed by atoms with Crippen molar-refractivity contribution in [1.29, 1.82) is 0 Å². The molecule has 17 heavy (non-hydrogen) atoms. The van der Waals surface area contributed by atoms with Crippen LogP contribution in [0.15, 0.2) is 12.4 Å². The normalized spacial score (nSPS) is 10.8. The minimum atomic E-state index is 0.0944. The zero-order valence-corrected chi connectivity index (χ0v) is 10.9. The number of amides is 1. The van der Waals surface area contributed by atoms with E-state index in [-0.39, 0.29) is 5.91 Å². The zero-order valence-electron chi connectivity index (χ0n) is 10.9. The van der Waals surface area contributed by atoms with Gasteiger partial charge in [0.1, 0.15) is 0 Å². The number of carbonyl (C=O) groups is 1. The Kier molecular flexibility index (Phi) is 5.69. The topological polar surface area (TPSA) is 50.2 Å². The summed E-state index contributed by atoms with van der Waals surface area (Å²) in [6.07, 6.45) is 5.22. The van der Waals surface area contributed by atoms with Gasteiger partial charge in [-0.25, -0.2) is 0 Å². The summed E-state index contributed by atoms with van der Waals surface area (Å²) in [6.45, 7) is 4.38. The highest BCUT2D eigenvalue weighted by molar-refractivity contribution is 5.75. The van der Waals surface area contributed by atoms with E-state index in [1.807, 2.05) is 27.2 Å². The molecule has 5 nitrogen and oxygen atoms in total. The standard InChI is InChI=1S/C12H22N4O/c1-11-9-14-16(10-11)8-5-12(17)13-6-4-7-15(2)3/h9-10H,4-8H2,1-3H3,(H,13,17). The summed E-state index contributed by atoms with van der Waals surface area (Å²) in [7, 11) is 4.06. The van der Waals surface area contributed by atoms with Crippen molar-refractivity contribution in [2.75, 3.05) is 27.2 Å². The molecule has 0 unspecified atom stereocenters. The maximum absolute atomic E-state index is 11.5. The van der Waals surface area contributed by atoms with Crippen LogP contribution in [0.1, 0.15) is 18.4 Å². The number of hydrogen-bond donors (Lipinski definition) is 1. The summed E-state index contributed by atoms with van der Waals surface area (Å²) < 4.78 is 1.80. The molecular formula is C12H22N4O. The lowest BCUT2D eigenvalue weighted by Gasteiger charge is -2.09. The van der Waals surface area contributed by atoms with E-state index in [1.54, 1.807) is 10.9 Å². The molecule has 96 valence electrons. The average molecular weight is 238 g/mol. The van der Waals surface area contributed by atoms with Crippen molar-refractivity contribution in [2.24, 2.45) is 0 Å². The van der Waals surface area contributed by atoms with E-state index in [4.69, 9.17) is 0 Å². The van der Waals surface area contributed by atoms with Gasteiger partial charge >= 0.3 is 0 Å². The van der Waals surface area contributed by atoms with Gasteiger partial charge in [0.05, 0.1) is 6.20 Å². The molecule has 1 rings (SSSR count). The number of nitrogens with one attached hydrogen (secondary N) is 1. The van der Waals surface area contributed by atoms with E-state index in [2.05, 4.69) is 15.3 Å². The fourth-order valence-electron chi connectivity index (χ4n) is 1.52. The lowest BCUT2D eigenvalue weighted by Crippen LogP contribution is -2.27. The quantitative estimate of drug-likeness (QED) is 0.710. The number of hydrogen-bond acceptors (Lipinski definition) is 3.